The van der Waals surface area contributed by atoms with Gasteiger partial charge in [0.05, 0.1) is 0 Å². The molecule has 1 aliphatic heterocycles. The lowest BCUT2D eigenvalue weighted by Crippen LogP contribution is -2.25. The van der Waals surface area contributed by atoms with Crippen LogP contribution in [-0.2, 0) is 0 Å². The maximum absolute atomic E-state index is 5.45. The van der Waals surface area contributed by atoms with E-state index in [4.69, 9.17) is 5.84 Å². The van der Waals surface area contributed by atoms with E-state index in [2.05, 4.69) is 36.9 Å². The normalized spacial score (nSPS) is 20.0. The van der Waals surface area contributed by atoms with Crippen LogP contribution in [0.4, 0.5) is 17.8 Å². The maximum atomic E-state index is 5.45. The predicted octanol–water partition coefficient (Wildman–Crippen LogP) is 1.06. The molecule has 20 heavy (non-hydrogen) atoms. The topological polar surface area (TPSA) is 92.0 Å². The lowest BCUT2D eigenvalue weighted by atomic mass is 10.4. The Morgan fingerprint density at radius 3 is 2.50 bits per heavy atom. The first-order chi connectivity index (χ1) is 9.74. The summed E-state index contributed by atoms with van der Waals surface area (Å²) >= 11 is 1.91. The molecule has 2 heterocycles. The molecule has 0 bridgehead atoms. The molecule has 0 amide bonds. The van der Waals surface area contributed by atoms with Gasteiger partial charge >= 0.3 is 0 Å². The highest BCUT2D eigenvalue weighted by Gasteiger charge is 2.41. The van der Waals surface area contributed by atoms with Gasteiger partial charge in [0.1, 0.15) is 0 Å². The molecule has 1 aliphatic carbocycles. The van der Waals surface area contributed by atoms with Crippen LogP contribution < -0.4 is 21.5 Å². The minimum absolute atomic E-state index is 0.372. The molecule has 7 nitrogen and oxygen atoms in total. The van der Waals surface area contributed by atoms with Crippen LogP contribution in [0.1, 0.15) is 25.7 Å². The number of thioether (sulfide) groups is 1. The van der Waals surface area contributed by atoms with E-state index in [1.807, 2.05) is 11.8 Å². The van der Waals surface area contributed by atoms with Gasteiger partial charge in [0.25, 0.3) is 0 Å². The van der Waals surface area contributed by atoms with Crippen LogP contribution in [0.2, 0.25) is 0 Å². The van der Waals surface area contributed by atoms with Crippen molar-refractivity contribution in [2.24, 2.45) is 5.84 Å². The Balaban J connectivity index is 1.73. The first kappa shape index (κ1) is 13.7. The molecular weight excluding hydrogens is 274 g/mol. The van der Waals surface area contributed by atoms with Crippen molar-refractivity contribution in [2.45, 2.75) is 30.4 Å². The summed E-state index contributed by atoms with van der Waals surface area (Å²) in [5.74, 6) is 7.19. The maximum Gasteiger partial charge on any atom is 0.243 e. The summed E-state index contributed by atoms with van der Waals surface area (Å²) in [6, 6.07) is 0. The Labute approximate surface area is 123 Å². The number of nitrogens with zero attached hydrogens (tertiary/aromatic N) is 4. The largest absolute Gasteiger partial charge is 0.353 e. The van der Waals surface area contributed by atoms with Crippen LogP contribution >= 0.6 is 11.8 Å². The summed E-state index contributed by atoms with van der Waals surface area (Å²) in [7, 11) is 0. The van der Waals surface area contributed by atoms with E-state index in [0.29, 0.717) is 22.6 Å². The Bertz CT molecular complexity index is 471. The molecule has 0 spiro atoms. The highest BCUT2D eigenvalue weighted by atomic mass is 32.2. The van der Waals surface area contributed by atoms with E-state index < -0.39 is 0 Å². The fourth-order valence-electron chi connectivity index (χ4n) is 2.40. The zero-order valence-corrected chi connectivity index (χ0v) is 12.5. The molecule has 110 valence electrons. The molecule has 0 atom stereocenters. The molecule has 1 saturated heterocycles. The van der Waals surface area contributed by atoms with Crippen molar-refractivity contribution in [3.63, 3.8) is 0 Å². The van der Waals surface area contributed by atoms with Crippen LogP contribution in [-0.4, -0.2) is 45.6 Å². The highest BCUT2D eigenvalue weighted by Crippen LogP contribution is 2.46. The number of nitrogens with one attached hydrogen (secondary N) is 2. The molecule has 8 heteroatoms. The van der Waals surface area contributed by atoms with Crippen molar-refractivity contribution in [3.05, 3.63) is 0 Å². The first-order valence-corrected chi connectivity index (χ1v) is 8.24. The Morgan fingerprint density at radius 2 is 1.90 bits per heavy atom. The molecule has 1 aromatic rings. The Morgan fingerprint density at radius 1 is 1.20 bits per heavy atom. The van der Waals surface area contributed by atoms with Crippen LogP contribution in [0, 0.1) is 0 Å². The third kappa shape index (κ3) is 2.90. The van der Waals surface area contributed by atoms with Crippen molar-refractivity contribution in [1.29, 1.82) is 0 Å². The molecular formula is C12H21N7S. The van der Waals surface area contributed by atoms with Crippen molar-refractivity contribution < 1.29 is 0 Å². The SMILES string of the molecule is CSC1(CNc2nc(NN)nc(N3CCCC3)n2)CC1. The minimum Gasteiger partial charge on any atom is -0.353 e. The molecule has 0 unspecified atom stereocenters. The molecule has 1 aromatic heterocycles. The van der Waals surface area contributed by atoms with E-state index in [9.17, 15) is 0 Å². The molecule has 3 rings (SSSR count). The second-order valence-corrected chi connectivity index (χ2v) is 6.64. The third-order valence-corrected chi connectivity index (χ3v) is 5.37. The predicted molar refractivity (Wildman–Crippen MR) is 83.1 cm³/mol. The van der Waals surface area contributed by atoms with Gasteiger partial charge in [0, 0.05) is 24.4 Å². The summed E-state index contributed by atoms with van der Waals surface area (Å²) in [6.07, 6.45) is 7.05. The summed E-state index contributed by atoms with van der Waals surface area (Å²) < 4.78 is 0.372. The number of nitrogens with two attached hydrogens (primary N) is 1. The molecule has 0 aromatic carbocycles. The molecule has 2 aliphatic rings. The van der Waals surface area contributed by atoms with Crippen LogP contribution in [0.5, 0.6) is 0 Å². The van der Waals surface area contributed by atoms with Gasteiger partial charge in [-0.1, -0.05) is 0 Å². The standard InChI is InChI=1S/C12H21N7S/c1-20-12(4-5-12)8-14-9-15-10(18-13)17-11(16-9)19-6-2-3-7-19/h2-8,13H2,1H3,(H2,14,15,16,17,18). The summed E-state index contributed by atoms with van der Waals surface area (Å²) in [5.41, 5.74) is 2.52. The minimum atomic E-state index is 0.372. The zero-order valence-electron chi connectivity index (χ0n) is 11.7. The molecule has 0 radical (unpaired) electrons. The molecule has 2 fully saturated rings. The van der Waals surface area contributed by atoms with Gasteiger partial charge in [-0.3, -0.25) is 5.43 Å². The van der Waals surface area contributed by atoms with E-state index in [-0.39, 0.29) is 0 Å². The van der Waals surface area contributed by atoms with Crippen molar-refractivity contribution in [2.75, 3.05) is 41.5 Å². The monoisotopic (exact) mass is 295 g/mol. The number of rotatable bonds is 6. The average molecular weight is 295 g/mol. The van der Waals surface area contributed by atoms with Crippen molar-refractivity contribution in [1.82, 2.24) is 15.0 Å². The van der Waals surface area contributed by atoms with Crippen LogP contribution in [0.25, 0.3) is 0 Å². The third-order valence-electron chi connectivity index (χ3n) is 3.95. The summed E-state index contributed by atoms with van der Waals surface area (Å²) in [4.78, 5) is 15.3. The van der Waals surface area contributed by atoms with Gasteiger partial charge in [-0.25, -0.2) is 5.84 Å². The molecule has 1 saturated carbocycles. The Kier molecular flexibility index (Phi) is 3.84. The van der Waals surface area contributed by atoms with Gasteiger partial charge in [-0.15, -0.1) is 0 Å². The lowest BCUT2D eigenvalue weighted by Gasteiger charge is -2.18. The number of aromatic nitrogens is 3. The van der Waals surface area contributed by atoms with Crippen molar-refractivity contribution in [3.8, 4) is 0 Å². The van der Waals surface area contributed by atoms with E-state index in [1.165, 1.54) is 25.7 Å². The first-order valence-electron chi connectivity index (χ1n) is 7.01. The fourth-order valence-corrected chi connectivity index (χ4v) is 3.13. The smallest absolute Gasteiger partial charge is 0.243 e. The molecule has 4 N–H and O–H groups in total. The van der Waals surface area contributed by atoms with Gasteiger partial charge in [-0.2, -0.15) is 26.7 Å². The lowest BCUT2D eigenvalue weighted by molar-refractivity contribution is 0.865. The zero-order chi connectivity index (χ0) is 14.0. The summed E-state index contributed by atoms with van der Waals surface area (Å²) in [5, 5.41) is 3.33. The quantitative estimate of drug-likeness (QED) is 0.530. The number of nitrogen functional groups attached to an aromatic ring is 1. The fraction of sp³-hybridized carbons (Fsp3) is 0.750. The van der Waals surface area contributed by atoms with Gasteiger partial charge in [0.15, 0.2) is 0 Å². The van der Waals surface area contributed by atoms with E-state index in [0.717, 1.165) is 19.6 Å². The van der Waals surface area contributed by atoms with Gasteiger partial charge < -0.3 is 10.2 Å². The van der Waals surface area contributed by atoms with Crippen molar-refractivity contribution >= 4 is 29.6 Å². The highest BCUT2D eigenvalue weighted by molar-refractivity contribution is 8.00. The number of anilines is 3. The second-order valence-electron chi connectivity index (χ2n) is 5.36. The van der Waals surface area contributed by atoms with E-state index in [1.54, 1.807) is 0 Å². The Hall–Kier alpha value is -1.28. The number of hydrazine groups is 1. The van der Waals surface area contributed by atoms with Gasteiger partial charge in [-0.05, 0) is 31.9 Å². The number of hydrogen-bond acceptors (Lipinski definition) is 8. The average Bonchev–Trinajstić information content (AvgIpc) is 3.06. The second kappa shape index (κ2) is 5.61. The number of hydrogen-bond donors (Lipinski definition) is 3. The van der Waals surface area contributed by atoms with Crippen LogP contribution in [0.3, 0.4) is 0 Å². The van der Waals surface area contributed by atoms with Gasteiger partial charge in [0.2, 0.25) is 17.8 Å². The summed E-state index contributed by atoms with van der Waals surface area (Å²) in [6.45, 7) is 2.89. The van der Waals surface area contributed by atoms with Crippen LogP contribution in [0.15, 0.2) is 0 Å². The van der Waals surface area contributed by atoms with E-state index >= 15 is 0 Å².